The highest BCUT2D eigenvalue weighted by Crippen LogP contribution is 2.45. The van der Waals surface area contributed by atoms with Crippen molar-refractivity contribution in [3.05, 3.63) is 53.7 Å². The summed E-state index contributed by atoms with van der Waals surface area (Å²) >= 11 is 0. The molecule has 0 fully saturated rings. The SMILES string of the molecule is COc1ccc(NC(=O)c2cc3n(n2)[C@H](C(F)(F)F)C[C@H](c2ccc4c(c2)OCO4)N3)cc1OC. The Labute approximate surface area is 197 Å². The number of methoxy groups -OCH3 is 2. The number of ether oxygens (including phenoxy) is 4. The summed E-state index contributed by atoms with van der Waals surface area (Å²) in [6, 6.07) is 8.44. The van der Waals surface area contributed by atoms with Crippen LogP contribution in [0.5, 0.6) is 23.0 Å². The van der Waals surface area contributed by atoms with Gasteiger partial charge in [0.2, 0.25) is 6.79 Å². The zero-order chi connectivity index (χ0) is 24.7. The largest absolute Gasteiger partial charge is 0.493 e. The number of hydrogen-bond donors (Lipinski definition) is 2. The molecule has 2 aliphatic heterocycles. The van der Waals surface area contributed by atoms with Gasteiger partial charge < -0.3 is 29.6 Å². The molecule has 9 nitrogen and oxygen atoms in total. The molecule has 2 N–H and O–H groups in total. The summed E-state index contributed by atoms with van der Waals surface area (Å²) in [7, 11) is 2.93. The fourth-order valence-electron chi connectivity index (χ4n) is 4.14. The molecule has 0 aliphatic carbocycles. The number of nitrogens with one attached hydrogen (secondary N) is 2. The van der Waals surface area contributed by atoms with Crippen LogP contribution in [0.1, 0.15) is 34.6 Å². The van der Waals surface area contributed by atoms with Gasteiger partial charge in [-0.3, -0.25) is 4.79 Å². The summed E-state index contributed by atoms with van der Waals surface area (Å²) in [5, 5.41) is 9.67. The summed E-state index contributed by atoms with van der Waals surface area (Å²) in [5.74, 6) is 1.28. The monoisotopic (exact) mass is 490 g/mol. The molecule has 3 aromatic rings. The van der Waals surface area contributed by atoms with E-state index in [2.05, 4.69) is 15.7 Å². The van der Waals surface area contributed by atoms with Crippen molar-refractivity contribution >= 4 is 17.4 Å². The second-order valence-corrected chi connectivity index (χ2v) is 7.99. The van der Waals surface area contributed by atoms with Crippen LogP contribution in [0, 0.1) is 0 Å². The van der Waals surface area contributed by atoms with Crippen molar-refractivity contribution in [2.45, 2.75) is 24.7 Å². The Morgan fingerprint density at radius 3 is 2.60 bits per heavy atom. The molecule has 1 aromatic heterocycles. The Kier molecular flexibility index (Phi) is 5.58. The first-order valence-electron chi connectivity index (χ1n) is 10.6. The molecule has 5 rings (SSSR count). The maximum Gasteiger partial charge on any atom is 0.410 e. The Balaban J connectivity index is 1.42. The van der Waals surface area contributed by atoms with Gasteiger partial charge in [0, 0.05) is 24.2 Å². The number of nitrogens with zero attached hydrogens (tertiary/aromatic N) is 2. The van der Waals surface area contributed by atoms with Crippen LogP contribution < -0.4 is 29.6 Å². The maximum absolute atomic E-state index is 14.0. The van der Waals surface area contributed by atoms with Crippen LogP contribution in [0.15, 0.2) is 42.5 Å². The smallest absolute Gasteiger partial charge is 0.410 e. The topological polar surface area (TPSA) is 95.9 Å². The lowest BCUT2D eigenvalue weighted by Crippen LogP contribution is -2.35. The fraction of sp³-hybridized carbons (Fsp3) is 0.304. The molecule has 184 valence electrons. The average molecular weight is 490 g/mol. The van der Waals surface area contributed by atoms with Gasteiger partial charge in [0.1, 0.15) is 5.82 Å². The predicted octanol–water partition coefficient (Wildman–Crippen LogP) is 4.54. The van der Waals surface area contributed by atoms with Crippen LogP contribution in [-0.2, 0) is 0 Å². The van der Waals surface area contributed by atoms with E-state index in [-0.39, 0.29) is 24.7 Å². The summed E-state index contributed by atoms with van der Waals surface area (Å²) < 4.78 is 63.8. The Hall–Kier alpha value is -4.09. The molecule has 0 bridgehead atoms. The molecule has 35 heavy (non-hydrogen) atoms. The highest BCUT2D eigenvalue weighted by molar-refractivity contribution is 6.03. The fourth-order valence-corrected chi connectivity index (χ4v) is 4.14. The van der Waals surface area contributed by atoms with Gasteiger partial charge in [0.25, 0.3) is 5.91 Å². The van der Waals surface area contributed by atoms with E-state index in [4.69, 9.17) is 18.9 Å². The van der Waals surface area contributed by atoms with Crippen LogP contribution >= 0.6 is 0 Å². The van der Waals surface area contributed by atoms with E-state index in [0.29, 0.717) is 34.2 Å². The lowest BCUT2D eigenvalue weighted by molar-refractivity contribution is -0.173. The highest BCUT2D eigenvalue weighted by Gasteiger charge is 2.47. The van der Waals surface area contributed by atoms with Gasteiger partial charge in [0.05, 0.1) is 20.3 Å². The number of rotatable bonds is 5. The molecular formula is C23H21F3N4O5. The number of amides is 1. The van der Waals surface area contributed by atoms with Crippen molar-refractivity contribution in [3.8, 4) is 23.0 Å². The molecule has 1 amide bonds. The molecule has 0 unspecified atom stereocenters. The van der Waals surface area contributed by atoms with Gasteiger partial charge in [0.15, 0.2) is 34.7 Å². The summed E-state index contributed by atoms with van der Waals surface area (Å²) in [6.45, 7) is 0.0629. The number of hydrogen-bond acceptors (Lipinski definition) is 7. The summed E-state index contributed by atoms with van der Waals surface area (Å²) in [5.41, 5.74) is 0.812. The Bertz CT molecular complexity index is 1280. The molecular weight excluding hydrogens is 469 g/mol. The van der Waals surface area contributed by atoms with Crippen molar-refractivity contribution in [2.75, 3.05) is 31.6 Å². The number of carbonyl (C=O) groups excluding carboxylic acids is 1. The van der Waals surface area contributed by atoms with Gasteiger partial charge in [-0.15, -0.1) is 0 Å². The molecule has 0 saturated carbocycles. The van der Waals surface area contributed by atoms with Gasteiger partial charge in [-0.05, 0) is 29.8 Å². The van der Waals surface area contributed by atoms with E-state index in [0.717, 1.165) is 4.68 Å². The zero-order valence-corrected chi connectivity index (χ0v) is 18.7. The number of benzene rings is 2. The molecule has 2 atom stereocenters. The van der Waals surface area contributed by atoms with Gasteiger partial charge in [-0.1, -0.05) is 6.07 Å². The lowest BCUT2D eigenvalue weighted by Gasteiger charge is -2.33. The minimum atomic E-state index is -4.57. The average Bonchev–Trinajstić information content (AvgIpc) is 3.49. The number of alkyl halides is 3. The lowest BCUT2D eigenvalue weighted by atomic mass is 9.96. The molecule has 2 aliphatic rings. The number of carbonyl (C=O) groups is 1. The van der Waals surface area contributed by atoms with Crippen molar-refractivity contribution in [1.82, 2.24) is 9.78 Å². The molecule has 2 aromatic carbocycles. The normalized spacial score (nSPS) is 18.4. The minimum absolute atomic E-state index is 0.0629. The maximum atomic E-state index is 14.0. The van der Waals surface area contributed by atoms with Crippen LogP contribution in [0.3, 0.4) is 0 Å². The van der Waals surface area contributed by atoms with Crippen molar-refractivity contribution in [2.24, 2.45) is 0 Å². The number of halogens is 3. The van der Waals surface area contributed by atoms with Gasteiger partial charge in [-0.2, -0.15) is 18.3 Å². The quantitative estimate of drug-likeness (QED) is 0.542. The standard InChI is InChI=1S/C23H21F3N4O5/c1-32-16-6-4-13(8-18(16)33-2)27-22(31)15-10-21-28-14(9-20(23(24,25)26)30(21)29-15)12-3-5-17-19(7-12)35-11-34-17/h3-8,10,14,20,28H,9,11H2,1-2H3,(H,27,31)/t14-,20+/m1/s1. The van der Waals surface area contributed by atoms with Crippen LogP contribution in [0.25, 0.3) is 0 Å². The van der Waals surface area contributed by atoms with Crippen molar-refractivity contribution in [3.63, 3.8) is 0 Å². The minimum Gasteiger partial charge on any atom is -0.493 e. The van der Waals surface area contributed by atoms with Crippen molar-refractivity contribution in [1.29, 1.82) is 0 Å². The van der Waals surface area contributed by atoms with E-state index in [1.54, 1.807) is 36.4 Å². The highest BCUT2D eigenvalue weighted by atomic mass is 19.4. The van der Waals surface area contributed by atoms with Crippen molar-refractivity contribution < 1.29 is 36.9 Å². The Morgan fingerprint density at radius 1 is 1.09 bits per heavy atom. The van der Waals surface area contributed by atoms with Crippen LogP contribution in [0.2, 0.25) is 0 Å². The van der Waals surface area contributed by atoms with E-state index in [1.165, 1.54) is 20.3 Å². The number of anilines is 2. The van der Waals surface area contributed by atoms with E-state index in [1.807, 2.05) is 0 Å². The third kappa shape index (κ3) is 4.27. The number of fused-ring (bicyclic) bond motifs is 2. The molecule has 3 heterocycles. The summed E-state index contributed by atoms with van der Waals surface area (Å²) in [4.78, 5) is 12.8. The molecule has 0 radical (unpaired) electrons. The van der Waals surface area contributed by atoms with Crippen LogP contribution in [0.4, 0.5) is 24.7 Å². The van der Waals surface area contributed by atoms with Gasteiger partial charge in [-0.25, -0.2) is 4.68 Å². The molecule has 0 saturated heterocycles. The van der Waals surface area contributed by atoms with E-state index < -0.39 is 24.2 Å². The molecule has 12 heteroatoms. The third-order valence-corrected chi connectivity index (χ3v) is 5.86. The summed E-state index contributed by atoms with van der Waals surface area (Å²) in [6.07, 6.45) is -4.89. The molecule has 0 spiro atoms. The van der Waals surface area contributed by atoms with Gasteiger partial charge >= 0.3 is 6.18 Å². The first-order valence-corrected chi connectivity index (χ1v) is 10.6. The Morgan fingerprint density at radius 2 is 1.86 bits per heavy atom. The first-order chi connectivity index (χ1) is 16.8. The second kappa shape index (κ2) is 8.60. The van der Waals surface area contributed by atoms with E-state index in [9.17, 15) is 18.0 Å². The second-order valence-electron chi connectivity index (χ2n) is 7.99. The first kappa shape index (κ1) is 22.7. The number of aromatic nitrogens is 2. The predicted molar refractivity (Wildman–Crippen MR) is 118 cm³/mol. The zero-order valence-electron chi connectivity index (χ0n) is 18.7. The van der Waals surface area contributed by atoms with Crippen LogP contribution in [-0.4, -0.2) is 42.9 Å². The van der Waals surface area contributed by atoms with E-state index >= 15 is 0 Å². The third-order valence-electron chi connectivity index (χ3n) is 5.86.